The Balaban J connectivity index is 1.97. The molecule has 2 unspecified atom stereocenters. The van der Waals surface area contributed by atoms with Crippen LogP contribution in [0.25, 0.3) is 0 Å². The number of hydrogen-bond acceptors (Lipinski definition) is 2. The standard InChI is InChI=1S/C21H22O2/c1-15-3-6-18(7-4-15)21-13-16(14-22)5-12-20(21)17-8-10-19(23-2)11-9-17/h3-4,6-11,13-14,20-21H,5,12H2,1-2H3. The molecule has 2 aromatic carbocycles. The van der Waals surface area contributed by atoms with Crippen molar-refractivity contribution in [3.63, 3.8) is 0 Å². The van der Waals surface area contributed by atoms with Gasteiger partial charge in [0.25, 0.3) is 0 Å². The van der Waals surface area contributed by atoms with Crippen molar-refractivity contribution in [3.8, 4) is 5.75 Å². The third kappa shape index (κ3) is 3.37. The molecule has 0 N–H and O–H groups in total. The van der Waals surface area contributed by atoms with E-state index in [1.54, 1.807) is 7.11 Å². The molecule has 0 aromatic heterocycles. The Bertz CT molecular complexity index is 696. The monoisotopic (exact) mass is 306 g/mol. The minimum absolute atomic E-state index is 0.248. The van der Waals surface area contributed by atoms with Crippen molar-refractivity contribution in [1.82, 2.24) is 0 Å². The molecule has 0 amide bonds. The summed E-state index contributed by atoms with van der Waals surface area (Å²) in [5.41, 5.74) is 4.75. The van der Waals surface area contributed by atoms with Crippen molar-refractivity contribution >= 4 is 6.29 Å². The van der Waals surface area contributed by atoms with E-state index in [2.05, 4.69) is 49.4 Å². The Labute approximate surface area is 137 Å². The van der Waals surface area contributed by atoms with E-state index in [0.29, 0.717) is 5.92 Å². The van der Waals surface area contributed by atoms with Crippen LogP contribution in [0.4, 0.5) is 0 Å². The summed E-state index contributed by atoms with van der Waals surface area (Å²) in [4.78, 5) is 11.2. The molecular formula is C21H22O2. The first-order valence-corrected chi connectivity index (χ1v) is 8.07. The van der Waals surface area contributed by atoms with Gasteiger partial charge in [-0.05, 0) is 54.5 Å². The van der Waals surface area contributed by atoms with Crippen LogP contribution < -0.4 is 4.74 Å². The maximum Gasteiger partial charge on any atom is 0.145 e. The zero-order valence-electron chi connectivity index (χ0n) is 13.7. The van der Waals surface area contributed by atoms with Crippen molar-refractivity contribution in [3.05, 3.63) is 76.9 Å². The Kier molecular flexibility index (Phi) is 4.61. The summed E-state index contributed by atoms with van der Waals surface area (Å²) in [5.74, 6) is 1.52. The van der Waals surface area contributed by atoms with E-state index in [9.17, 15) is 4.79 Å². The van der Waals surface area contributed by atoms with Gasteiger partial charge in [0, 0.05) is 5.92 Å². The Morgan fingerprint density at radius 3 is 2.26 bits per heavy atom. The summed E-state index contributed by atoms with van der Waals surface area (Å²) in [5, 5.41) is 0. The topological polar surface area (TPSA) is 26.3 Å². The van der Waals surface area contributed by atoms with Crippen molar-refractivity contribution < 1.29 is 9.53 Å². The lowest BCUT2D eigenvalue weighted by molar-refractivity contribution is -0.105. The van der Waals surface area contributed by atoms with Gasteiger partial charge in [0.2, 0.25) is 0 Å². The summed E-state index contributed by atoms with van der Waals surface area (Å²) >= 11 is 0. The summed E-state index contributed by atoms with van der Waals surface area (Å²) < 4.78 is 5.26. The van der Waals surface area contributed by atoms with Crippen molar-refractivity contribution in [2.75, 3.05) is 7.11 Å². The smallest absolute Gasteiger partial charge is 0.145 e. The van der Waals surface area contributed by atoms with Crippen LogP contribution in [-0.2, 0) is 4.79 Å². The fourth-order valence-electron chi connectivity index (χ4n) is 3.37. The number of carbonyl (C=O) groups is 1. The Hall–Kier alpha value is -2.35. The molecule has 23 heavy (non-hydrogen) atoms. The van der Waals surface area contributed by atoms with E-state index in [1.807, 2.05) is 12.1 Å². The molecule has 2 aromatic rings. The molecule has 3 rings (SSSR count). The Morgan fingerprint density at radius 1 is 1.00 bits per heavy atom. The molecule has 0 fully saturated rings. The Morgan fingerprint density at radius 2 is 1.65 bits per heavy atom. The third-order valence-electron chi connectivity index (χ3n) is 4.73. The van der Waals surface area contributed by atoms with E-state index in [1.165, 1.54) is 16.7 Å². The molecule has 0 radical (unpaired) electrons. The van der Waals surface area contributed by atoms with Crippen LogP contribution in [0, 0.1) is 6.92 Å². The normalized spacial score (nSPS) is 20.7. The second-order valence-electron chi connectivity index (χ2n) is 6.21. The molecule has 2 nitrogen and oxygen atoms in total. The minimum atomic E-state index is 0.248. The van der Waals surface area contributed by atoms with Crippen LogP contribution in [0.1, 0.15) is 41.4 Å². The van der Waals surface area contributed by atoms with Crippen LogP contribution in [0.5, 0.6) is 5.75 Å². The lowest BCUT2D eigenvalue weighted by atomic mass is 9.74. The van der Waals surface area contributed by atoms with Gasteiger partial charge in [0.1, 0.15) is 12.0 Å². The van der Waals surface area contributed by atoms with E-state index in [4.69, 9.17) is 4.74 Å². The molecule has 0 saturated carbocycles. The van der Waals surface area contributed by atoms with Gasteiger partial charge in [-0.3, -0.25) is 4.79 Å². The van der Waals surface area contributed by atoms with Crippen LogP contribution in [0.15, 0.2) is 60.2 Å². The molecule has 118 valence electrons. The number of rotatable bonds is 4. The zero-order chi connectivity index (χ0) is 16.2. The average Bonchev–Trinajstić information content (AvgIpc) is 2.62. The average molecular weight is 306 g/mol. The highest BCUT2D eigenvalue weighted by molar-refractivity contribution is 5.74. The third-order valence-corrected chi connectivity index (χ3v) is 4.73. The van der Waals surface area contributed by atoms with Crippen molar-refractivity contribution in [2.45, 2.75) is 31.6 Å². The zero-order valence-corrected chi connectivity index (χ0v) is 13.7. The quantitative estimate of drug-likeness (QED) is 0.759. The largest absolute Gasteiger partial charge is 0.497 e. The van der Waals surface area contributed by atoms with Crippen molar-refractivity contribution in [1.29, 1.82) is 0 Å². The first kappa shape index (κ1) is 15.5. The molecule has 0 saturated heterocycles. The predicted octanol–water partition coefficient (Wildman–Crippen LogP) is 4.79. The van der Waals surface area contributed by atoms with E-state index in [0.717, 1.165) is 30.5 Å². The van der Waals surface area contributed by atoms with E-state index < -0.39 is 0 Å². The van der Waals surface area contributed by atoms with Gasteiger partial charge in [-0.25, -0.2) is 0 Å². The van der Waals surface area contributed by atoms with E-state index >= 15 is 0 Å². The highest BCUT2D eigenvalue weighted by Crippen LogP contribution is 2.42. The highest BCUT2D eigenvalue weighted by Gasteiger charge is 2.27. The maximum absolute atomic E-state index is 11.2. The number of methoxy groups -OCH3 is 1. The summed E-state index contributed by atoms with van der Waals surface area (Å²) in [6.07, 6.45) is 5.00. The number of carbonyl (C=O) groups excluding carboxylic acids is 1. The summed E-state index contributed by atoms with van der Waals surface area (Å²) in [6, 6.07) is 17.0. The molecule has 0 spiro atoms. The summed E-state index contributed by atoms with van der Waals surface area (Å²) in [7, 11) is 1.68. The van der Waals surface area contributed by atoms with Gasteiger partial charge in [-0.2, -0.15) is 0 Å². The number of hydrogen-bond donors (Lipinski definition) is 0. The summed E-state index contributed by atoms with van der Waals surface area (Å²) in [6.45, 7) is 2.10. The minimum Gasteiger partial charge on any atom is -0.497 e. The number of benzene rings is 2. The number of aldehydes is 1. The van der Waals surface area contributed by atoms with Gasteiger partial charge >= 0.3 is 0 Å². The molecule has 1 aliphatic rings. The fraction of sp³-hybridized carbons (Fsp3) is 0.286. The van der Waals surface area contributed by atoms with Crippen LogP contribution in [0.2, 0.25) is 0 Å². The predicted molar refractivity (Wildman–Crippen MR) is 93.0 cm³/mol. The van der Waals surface area contributed by atoms with Crippen LogP contribution in [-0.4, -0.2) is 13.4 Å². The van der Waals surface area contributed by atoms with Gasteiger partial charge in [-0.1, -0.05) is 48.0 Å². The van der Waals surface area contributed by atoms with Gasteiger partial charge in [0.15, 0.2) is 0 Å². The second kappa shape index (κ2) is 6.82. The van der Waals surface area contributed by atoms with E-state index in [-0.39, 0.29) is 5.92 Å². The number of ether oxygens (including phenoxy) is 1. The lowest BCUT2D eigenvalue weighted by Gasteiger charge is -2.30. The molecule has 1 aliphatic carbocycles. The van der Waals surface area contributed by atoms with Crippen LogP contribution >= 0.6 is 0 Å². The number of aryl methyl sites for hydroxylation is 1. The molecule has 2 atom stereocenters. The van der Waals surface area contributed by atoms with Gasteiger partial charge < -0.3 is 4.74 Å². The van der Waals surface area contributed by atoms with Crippen molar-refractivity contribution in [2.24, 2.45) is 0 Å². The molecule has 0 bridgehead atoms. The maximum atomic E-state index is 11.2. The SMILES string of the molecule is COc1ccc(C2CCC(C=O)=CC2c2ccc(C)cc2)cc1. The van der Waals surface area contributed by atoms with Gasteiger partial charge in [0.05, 0.1) is 7.11 Å². The van der Waals surface area contributed by atoms with Crippen LogP contribution in [0.3, 0.4) is 0 Å². The second-order valence-corrected chi connectivity index (χ2v) is 6.21. The molecule has 0 heterocycles. The molecule has 2 heteroatoms. The van der Waals surface area contributed by atoms with Gasteiger partial charge in [-0.15, -0.1) is 0 Å². The first-order chi connectivity index (χ1) is 11.2. The fourth-order valence-corrected chi connectivity index (χ4v) is 3.37. The first-order valence-electron chi connectivity index (χ1n) is 8.07. The molecular weight excluding hydrogens is 284 g/mol. The lowest BCUT2D eigenvalue weighted by Crippen LogP contribution is -2.15. The molecule has 0 aliphatic heterocycles. The highest BCUT2D eigenvalue weighted by atomic mass is 16.5. The number of allylic oxidation sites excluding steroid dienone is 2.